The number of aromatic nitrogens is 4. The molecule has 1 aliphatic heterocycles. The summed E-state index contributed by atoms with van der Waals surface area (Å²) < 4.78 is 1.82. The van der Waals surface area contributed by atoms with Crippen molar-refractivity contribution < 1.29 is 0 Å². The van der Waals surface area contributed by atoms with Crippen molar-refractivity contribution in [2.45, 2.75) is 26.3 Å². The number of aryl methyl sites for hydroxylation is 2. The molecule has 3 aromatic rings. The van der Waals surface area contributed by atoms with Gasteiger partial charge in [0, 0.05) is 36.7 Å². The highest BCUT2D eigenvalue weighted by molar-refractivity contribution is 5.69. The predicted molar refractivity (Wildman–Crippen MR) is 90.7 cm³/mol. The van der Waals surface area contributed by atoms with Gasteiger partial charge in [-0.3, -0.25) is 4.68 Å². The standard InChI is InChI=1S/C18H19N5/c1-12-10-14-6-4-5-7-17(14)23(12)18-19-9-8-16(20-18)15-11-22(3)21-13(15)2/h4-9,11-12H,10H2,1-3H3. The van der Waals surface area contributed by atoms with E-state index >= 15 is 0 Å². The van der Waals surface area contributed by atoms with E-state index in [1.165, 1.54) is 11.3 Å². The van der Waals surface area contributed by atoms with Crippen molar-refractivity contribution in [3.05, 3.63) is 54.0 Å². The molecule has 2 aromatic heterocycles. The number of anilines is 2. The molecule has 3 heterocycles. The van der Waals surface area contributed by atoms with Gasteiger partial charge in [-0.2, -0.15) is 5.10 Å². The molecule has 0 spiro atoms. The van der Waals surface area contributed by atoms with Crippen LogP contribution in [-0.4, -0.2) is 25.8 Å². The lowest BCUT2D eigenvalue weighted by atomic mass is 10.1. The number of para-hydroxylation sites is 1. The molecule has 1 atom stereocenters. The van der Waals surface area contributed by atoms with Gasteiger partial charge in [-0.15, -0.1) is 0 Å². The van der Waals surface area contributed by atoms with Crippen LogP contribution in [-0.2, 0) is 13.5 Å². The third kappa shape index (κ3) is 2.29. The molecule has 0 amide bonds. The molecule has 0 N–H and O–H groups in total. The van der Waals surface area contributed by atoms with E-state index in [2.05, 4.69) is 46.2 Å². The zero-order valence-corrected chi connectivity index (χ0v) is 13.6. The second-order valence-electron chi connectivity index (χ2n) is 6.10. The Bertz CT molecular complexity index is 867. The molecule has 5 heteroatoms. The van der Waals surface area contributed by atoms with Gasteiger partial charge in [-0.25, -0.2) is 9.97 Å². The normalized spacial score (nSPS) is 16.7. The third-order valence-electron chi connectivity index (χ3n) is 4.35. The van der Waals surface area contributed by atoms with Gasteiger partial charge < -0.3 is 4.90 Å². The van der Waals surface area contributed by atoms with Crippen LogP contribution in [0.15, 0.2) is 42.7 Å². The molecule has 4 rings (SSSR count). The molecule has 116 valence electrons. The monoisotopic (exact) mass is 305 g/mol. The second-order valence-corrected chi connectivity index (χ2v) is 6.10. The Kier molecular flexibility index (Phi) is 3.15. The maximum Gasteiger partial charge on any atom is 0.230 e. The number of hydrogen-bond donors (Lipinski definition) is 0. The second kappa shape index (κ2) is 5.19. The Morgan fingerprint density at radius 3 is 2.78 bits per heavy atom. The fourth-order valence-electron chi connectivity index (χ4n) is 3.34. The number of rotatable bonds is 2. The van der Waals surface area contributed by atoms with Crippen LogP contribution in [0.2, 0.25) is 0 Å². The molecular weight excluding hydrogens is 286 g/mol. The number of nitrogens with zero attached hydrogens (tertiary/aromatic N) is 5. The van der Waals surface area contributed by atoms with Gasteiger partial charge in [-0.1, -0.05) is 18.2 Å². The summed E-state index contributed by atoms with van der Waals surface area (Å²) in [5, 5.41) is 4.41. The molecule has 0 radical (unpaired) electrons. The predicted octanol–water partition coefficient (Wildman–Crippen LogP) is 3.27. The van der Waals surface area contributed by atoms with Gasteiger partial charge in [0.1, 0.15) is 0 Å². The topological polar surface area (TPSA) is 46.8 Å². The summed E-state index contributed by atoms with van der Waals surface area (Å²) in [4.78, 5) is 11.6. The molecule has 0 bridgehead atoms. The molecule has 0 aliphatic carbocycles. The SMILES string of the molecule is Cc1nn(C)cc1-c1ccnc(N2c3ccccc3CC2C)n1. The maximum atomic E-state index is 4.81. The van der Waals surface area contributed by atoms with Gasteiger partial charge in [0.15, 0.2) is 0 Å². The maximum absolute atomic E-state index is 4.81. The Labute approximate surface area is 135 Å². The Morgan fingerprint density at radius 2 is 2.00 bits per heavy atom. The van der Waals surface area contributed by atoms with E-state index in [4.69, 9.17) is 4.98 Å². The lowest BCUT2D eigenvalue weighted by Crippen LogP contribution is -2.25. The summed E-state index contributed by atoms with van der Waals surface area (Å²) >= 11 is 0. The van der Waals surface area contributed by atoms with E-state index in [9.17, 15) is 0 Å². The Morgan fingerprint density at radius 1 is 1.17 bits per heavy atom. The first-order chi connectivity index (χ1) is 11.1. The minimum absolute atomic E-state index is 0.359. The van der Waals surface area contributed by atoms with Gasteiger partial charge in [0.05, 0.1) is 11.4 Å². The van der Waals surface area contributed by atoms with Crippen molar-refractivity contribution in [2.75, 3.05) is 4.90 Å². The fourth-order valence-corrected chi connectivity index (χ4v) is 3.34. The lowest BCUT2D eigenvalue weighted by Gasteiger charge is -2.22. The van der Waals surface area contributed by atoms with Gasteiger partial charge in [-0.05, 0) is 38.0 Å². The summed E-state index contributed by atoms with van der Waals surface area (Å²) in [6, 6.07) is 10.8. The van der Waals surface area contributed by atoms with Crippen LogP contribution >= 0.6 is 0 Å². The van der Waals surface area contributed by atoms with Crippen molar-refractivity contribution in [1.82, 2.24) is 19.7 Å². The quantitative estimate of drug-likeness (QED) is 0.729. The average Bonchev–Trinajstić information content (AvgIpc) is 3.05. The van der Waals surface area contributed by atoms with E-state index in [1.807, 2.05) is 37.1 Å². The molecule has 0 saturated heterocycles. The molecule has 1 aliphatic rings. The molecule has 23 heavy (non-hydrogen) atoms. The lowest BCUT2D eigenvalue weighted by molar-refractivity contribution is 0.740. The van der Waals surface area contributed by atoms with Crippen LogP contribution in [0.4, 0.5) is 11.6 Å². The van der Waals surface area contributed by atoms with Crippen LogP contribution in [0.1, 0.15) is 18.2 Å². The van der Waals surface area contributed by atoms with E-state index in [1.54, 1.807) is 0 Å². The van der Waals surface area contributed by atoms with Crippen LogP contribution < -0.4 is 4.90 Å². The smallest absolute Gasteiger partial charge is 0.230 e. The first-order valence-corrected chi connectivity index (χ1v) is 7.84. The summed E-state index contributed by atoms with van der Waals surface area (Å²) in [5.74, 6) is 0.753. The largest absolute Gasteiger partial charge is 0.307 e. The summed E-state index contributed by atoms with van der Waals surface area (Å²) in [6.45, 7) is 4.22. The minimum Gasteiger partial charge on any atom is -0.307 e. The summed E-state index contributed by atoms with van der Waals surface area (Å²) in [6.07, 6.45) is 4.86. The highest BCUT2D eigenvalue weighted by atomic mass is 15.3. The van der Waals surface area contributed by atoms with E-state index in [0.29, 0.717) is 6.04 Å². The third-order valence-corrected chi connectivity index (χ3v) is 4.35. The number of benzene rings is 1. The first kappa shape index (κ1) is 13.9. The Balaban J connectivity index is 1.79. The summed E-state index contributed by atoms with van der Waals surface area (Å²) in [7, 11) is 1.93. The van der Waals surface area contributed by atoms with Crippen molar-refractivity contribution in [3.8, 4) is 11.3 Å². The van der Waals surface area contributed by atoms with Crippen molar-refractivity contribution in [3.63, 3.8) is 0 Å². The molecule has 0 fully saturated rings. The molecule has 0 saturated carbocycles. The molecular formula is C18H19N5. The van der Waals surface area contributed by atoms with Crippen LogP contribution in [0, 0.1) is 6.92 Å². The zero-order chi connectivity index (χ0) is 16.0. The van der Waals surface area contributed by atoms with Crippen molar-refractivity contribution in [2.24, 2.45) is 7.05 Å². The number of hydrogen-bond acceptors (Lipinski definition) is 4. The average molecular weight is 305 g/mol. The van der Waals surface area contributed by atoms with Crippen LogP contribution in [0.3, 0.4) is 0 Å². The van der Waals surface area contributed by atoms with Gasteiger partial charge >= 0.3 is 0 Å². The molecule has 1 aromatic carbocycles. The minimum atomic E-state index is 0.359. The van der Waals surface area contributed by atoms with Gasteiger partial charge in [0.25, 0.3) is 0 Å². The highest BCUT2D eigenvalue weighted by Gasteiger charge is 2.28. The molecule has 5 nitrogen and oxygen atoms in total. The summed E-state index contributed by atoms with van der Waals surface area (Å²) in [5.41, 5.74) is 5.51. The van der Waals surface area contributed by atoms with E-state index < -0.39 is 0 Å². The van der Waals surface area contributed by atoms with Crippen LogP contribution in [0.5, 0.6) is 0 Å². The zero-order valence-electron chi connectivity index (χ0n) is 13.6. The van der Waals surface area contributed by atoms with E-state index in [-0.39, 0.29) is 0 Å². The fraction of sp³-hybridized carbons (Fsp3) is 0.278. The van der Waals surface area contributed by atoms with Crippen LogP contribution in [0.25, 0.3) is 11.3 Å². The van der Waals surface area contributed by atoms with Crippen molar-refractivity contribution >= 4 is 11.6 Å². The Hall–Kier alpha value is -2.69. The number of fused-ring (bicyclic) bond motifs is 1. The first-order valence-electron chi connectivity index (χ1n) is 7.84. The highest BCUT2D eigenvalue weighted by Crippen LogP contribution is 2.36. The van der Waals surface area contributed by atoms with Gasteiger partial charge in [0.2, 0.25) is 5.95 Å². The van der Waals surface area contributed by atoms with Crippen molar-refractivity contribution in [1.29, 1.82) is 0 Å². The molecule has 1 unspecified atom stereocenters. The van der Waals surface area contributed by atoms with E-state index in [0.717, 1.165) is 29.3 Å².